The van der Waals surface area contributed by atoms with E-state index in [1.54, 1.807) is 14.0 Å². The Labute approximate surface area is 232 Å². The SMILES string of the molecule is CCN1C(=O)[C@H]2[C@@H](c3ccc(-c4ccc5c(c4)OCO5)c(OC)c3)N[C@@](Cc3ccccc3)(C(=O)OC)[C@H]2C1=O. The number of carbonyl (C=O) groups is 3. The maximum Gasteiger partial charge on any atom is 0.327 e. The lowest BCUT2D eigenvalue weighted by atomic mass is 9.76. The van der Waals surface area contributed by atoms with Gasteiger partial charge in [-0.25, -0.2) is 0 Å². The Bertz CT molecular complexity index is 1490. The Morgan fingerprint density at radius 2 is 1.77 bits per heavy atom. The van der Waals surface area contributed by atoms with Gasteiger partial charge in [0.05, 0.1) is 26.1 Å². The average molecular weight is 543 g/mol. The fraction of sp³-hybridized carbons (Fsp3) is 0.323. The van der Waals surface area contributed by atoms with E-state index in [4.69, 9.17) is 18.9 Å². The summed E-state index contributed by atoms with van der Waals surface area (Å²) in [5.41, 5.74) is 1.86. The van der Waals surface area contributed by atoms with E-state index >= 15 is 0 Å². The molecule has 3 aliphatic heterocycles. The van der Waals surface area contributed by atoms with Gasteiger partial charge in [-0.2, -0.15) is 0 Å². The van der Waals surface area contributed by atoms with Crippen LogP contribution in [0.4, 0.5) is 0 Å². The first-order valence-electron chi connectivity index (χ1n) is 13.2. The van der Waals surface area contributed by atoms with Gasteiger partial charge in [-0.1, -0.05) is 48.5 Å². The Balaban J connectivity index is 1.44. The van der Waals surface area contributed by atoms with Gasteiger partial charge in [0, 0.05) is 24.6 Å². The molecular formula is C31H30N2O7. The first-order valence-corrected chi connectivity index (χ1v) is 13.2. The quantitative estimate of drug-likeness (QED) is 0.358. The minimum Gasteiger partial charge on any atom is -0.496 e. The fourth-order valence-corrected chi connectivity index (χ4v) is 6.39. The van der Waals surface area contributed by atoms with E-state index in [-0.39, 0.29) is 31.6 Å². The third-order valence-electron chi connectivity index (χ3n) is 8.21. The molecule has 1 N–H and O–H groups in total. The zero-order chi connectivity index (χ0) is 28.0. The number of hydrogen-bond acceptors (Lipinski definition) is 8. The van der Waals surface area contributed by atoms with Gasteiger partial charge in [0.2, 0.25) is 18.6 Å². The van der Waals surface area contributed by atoms with E-state index in [1.807, 2.05) is 66.7 Å². The zero-order valence-electron chi connectivity index (χ0n) is 22.5. The van der Waals surface area contributed by atoms with Crippen molar-refractivity contribution in [2.45, 2.75) is 24.9 Å². The van der Waals surface area contributed by atoms with Crippen LogP contribution in [-0.4, -0.2) is 55.8 Å². The van der Waals surface area contributed by atoms with Crippen molar-refractivity contribution in [3.63, 3.8) is 0 Å². The first-order chi connectivity index (χ1) is 19.4. The number of imide groups is 1. The number of benzene rings is 3. The minimum atomic E-state index is -1.43. The van der Waals surface area contributed by atoms with Crippen molar-refractivity contribution in [2.24, 2.45) is 11.8 Å². The number of hydrogen-bond donors (Lipinski definition) is 1. The summed E-state index contributed by atoms with van der Waals surface area (Å²) in [4.78, 5) is 42.2. The number of fused-ring (bicyclic) bond motifs is 2. The topological polar surface area (TPSA) is 103 Å². The Morgan fingerprint density at radius 1 is 1.00 bits per heavy atom. The van der Waals surface area contributed by atoms with E-state index in [1.165, 1.54) is 12.0 Å². The molecule has 9 nitrogen and oxygen atoms in total. The number of rotatable bonds is 7. The highest BCUT2D eigenvalue weighted by atomic mass is 16.7. The maximum atomic E-state index is 13.7. The summed E-state index contributed by atoms with van der Waals surface area (Å²) in [6, 6.07) is 20.2. The predicted molar refractivity (Wildman–Crippen MR) is 145 cm³/mol. The first kappa shape index (κ1) is 25.9. The van der Waals surface area contributed by atoms with E-state index in [0.29, 0.717) is 17.2 Å². The van der Waals surface area contributed by atoms with Gasteiger partial charge in [-0.05, 0) is 41.8 Å². The molecule has 3 heterocycles. The van der Waals surface area contributed by atoms with Crippen LogP contribution in [-0.2, 0) is 25.5 Å². The van der Waals surface area contributed by atoms with Crippen LogP contribution in [0.25, 0.3) is 11.1 Å². The normalized spacial score (nSPS) is 24.8. The molecule has 9 heteroatoms. The zero-order valence-corrected chi connectivity index (χ0v) is 22.5. The third-order valence-corrected chi connectivity index (χ3v) is 8.21. The molecule has 206 valence electrons. The Kier molecular flexibility index (Phi) is 6.46. The predicted octanol–water partition coefficient (Wildman–Crippen LogP) is 3.51. The summed E-state index contributed by atoms with van der Waals surface area (Å²) in [6.45, 7) is 2.17. The molecule has 3 aliphatic rings. The molecule has 0 aromatic heterocycles. The number of carbonyl (C=O) groups excluding carboxylic acids is 3. The van der Waals surface area contributed by atoms with Crippen LogP contribution >= 0.6 is 0 Å². The van der Waals surface area contributed by atoms with Crippen molar-refractivity contribution >= 4 is 17.8 Å². The molecule has 6 rings (SSSR count). The molecule has 3 aromatic rings. The van der Waals surface area contributed by atoms with Crippen molar-refractivity contribution < 1.29 is 33.3 Å². The number of methoxy groups -OCH3 is 2. The minimum absolute atomic E-state index is 0.178. The Hall–Kier alpha value is -4.37. The van der Waals surface area contributed by atoms with Gasteiger partial charge in [-0.3, -0.25) is 24.6 Å². The number of likely N-dealkylation sites (tertiary alicyclic amines) is 1. The molecule has 3 aromatic carbocycles. The molecule has 2 fully saturated rings. The van der Waals surface area contributed by atoms with Crippen molar-refractivity contribution in [3.05, 3.63) is 77.9 Å². The monoisotopic (exact) mass is 542 g/mol. The van der Waals surface area contributed by atoms with Gasteiger partial charge in [0.15, 0.2) is 11.5 Å². The molecule has 0 spiro atoms. The van der Waals surface area contributed by atoms with Crippen molar-refractivity contribution in [3.8, 4) is 28.4 Å². The number of nitrogens with one attached hydrogen (secondary N) is 1. The van der Waals surface area contributed by atoms with Crippen LogP contribution in [0.3, 0.4) is 0 Å². The third kappa shape index (κ3) is 3.92. The average Bonchev–Trinajstić information content (AvgIpc) is 3.66. The van der Waals surface area contributed by atoms with E-state index in [9.17, 15) is 14.4 Å². The molecule has 2 amide bonds. The summed E-state index contributed by atoms with van der Waals surface area (Å²) in [5, 5.41) is 3.44. The van der Waals surface area contributed by atoms with Crippen LogP contribution in [0.15, 0.2) is 66.7 Å². The highest BCUT2D eigenvalue weighted by Crippen LogP contribution is 2.51. The Morgan fingerprint density at radius 3 is 2.50 bits per heavy atom. The molecule has 0 unspecified atom stereocenters. The van der Waals surface area contributed by atoms with Crippen molar-refractivity contribution in [2.75, 3.05) is 27.6 Å². The largest absolute Gasteiger partial charge is 0.496 e. The maximum absolute atomic E-state index is 13.7. The fourth-order valence-electron chi connectivity index (χ4n) is 6.39. The standard InChI is InChI=1S/C31H30N2O7/c1-4-33-28(34)25-26(29(33)35)31(30(36)38-3,16-18-8-6-5-7-9-18)32-27(25)20-10-12-21(23(15-20)37-2)19-11-13-22-24(14-19)40-17-39-22/h5-15,25-27,32H,4,16-17H2,1-3H3/t25-,26-,27-,31-/m1/s1. The molecule has 0 aliphatic carbocycles. The molecule has 0 radical (unpaired) electrons. The highest BCUT2D eigenvalue weighted by Gasteiger charge is 2.68. The number of amides is 2. The van der Waals surface area contributed by atoms with Crippen LogP contribution in [0.5, 0.6) is 17.2 Å². The lowest BCUT2D eigenvalue weighted by molar-refractivity contribution is -0.154. The van der Waals surface area contributed by atoms with Gasteiger partial charge in [-0.15, -0.1) is 0 Å². The lowest BCUT2D eigenvalue weighted by Crippen LogP contribution is -2.57. The molecule has 2 saturated heterocycles. The number of esters is 1. The molecule has 0 bridgehead atoms. The summed E-state index contributed by atoms with van der Waals surface area (Å²) in [7, 11) is 2.89. The molecule has 0 saturated carbocycles. The van der Waals surface area contributed by atoms with Gasteiger partial charge < -0.3 is 18.9 Å². The summed E-state index contributed by atoms with van der Waals surface area (Å²) < 4.78 is 22.0. The van der Waals surface area contributed by atoms with Crippen molar-refractivity contribution in [1.29, 1.82) is 0 Å². The second-order valence-electron chi connectivity index (χ2n) is 10.2. The van der Waals surface area contributed by atoms with E-state index in [2.05, 4.69) is 5.32 Å². The van der Waals surface area contributed by atoms with E-state index < -0.39 is 29.4 Å². The van der Waals surface area contributed by atoms with E-state index in [0.717, 1.165) is 22.3 Å². The molecule has 40 heavy (non-hydrogen) atoms. The van der Waals surface area contributed by atoms with Crippen LogP contribution < -0.4 is 19.5 Å². The summed E-state index contributed by atoms with van der Waals surface area (Å²) in [5.74, 6) is -1.02. The number of ether oxygens (including phenoxy) is 4. The van der Waals surface area contributed by atoms with Gasteiger partial charge in [0.25, 0.3) is 0 Å². The van der Waals surface area contributed by atoms with Crippen LogP contribution in [0.1, 0.15) is 24.1 Å². The molecule has 4 atom stereocenters. The van der Waals surface area contributed by atoms with Gasteiger partial charge in [0.1, 0.15) is 11.3 Å². The summed E-state index contributed by atoms with van der Waals surface area (Å²) in [6.07, 6.45) is 0.196. The van der Waals surface area contributed by atoms with Crippen LogP contribution in [0, 0.1) is 11.8 Å². The highest BCUT2D eigenvalue weighted by molar-refractivity contribution is 6.09. The van der Waals surface area contributed by atoms with Crippen LogP contribution in [0.2, 0.25) is 0 Å². The van der Waals surface area contributed by atoms with Gasteiger partial charge >= 0.3 is 5.97 Å². The lowest BCUT2D eigenvalue weighted by Gasteiger charge is -2.32. The number of nitrogens with zero attached hydrogens (tertiary/aromatic N) is 1. The van der Waals surface area contributed by atoms with Crippen molar-refractivity contribution in [1.82, 2.24) is 10.2 Å². The second kappa shape index (κ2) is 9.98. The molecular weight excluding hydrogens is 512 g/mol. The smallest absolute Gasteiger partial charge is 0.327 e. The second-order valence-corrected chi connectivity index (χ2v) is 10.2. The summed E-state index contributed by atoms with van der Waals surface area (Å²) >= 11 is 0.